The lowest BCUT2D eigenvalue weighted by molar-refractivity contribution is 0.432. The maximum atomic E-state index is 13.7. The van der Waals surface area contributed by atoms with Crippen LogP contribution in [0.5, 0.6) is 11.6 Å². The number of halogens is 2. The third-order valence-corrected chi connectivity index (χ3v) is 3.71. The first-order valence-corrected chi connectivity index (χ1v) is 6.67. The Balaban J connectivity index is 2.05. The molecule has 3 nitrogen and oxygen atoms in total. The first-order valence-electron chi connectivity index (χ1n) is 5.47. The molecule has 96 valence electrons. The Morgan fingerprint density at radius 3 is 2.89 bits per heavy atom. The van der Waals surface area contributed by atoms with E-state index in [2.05, 4.69) is 9.97 Å². The highest BCUT2D eigenvalue weighted by molar-refractivity contribution is 7.18. The molecule has 2 aromatic heterocycles. The quantitative estimate of drug-likeness (QED) is 0.693. The predicted molar refractivity (Wildman–Crippen MR) is 73.6 cm³/mol. The van der Waals surface area contributed by atoms with E-state index in [-0.39, 0.29) is 5.75 Å². The molecule has 0 atom stereocenters. The summed E-state index contributed by atoms with van der Waals surface area (Å²) in [6.45, 7) is 1.97. The maximum Gasteiger partial charge on any atom is 0.231 e. The summed E-state index contributed by atoms with van der Waals surface area (Å²) in [6.07, 6.45) is 1.40. The van der Waals surface area contributed by atoms with Crippen LogP contribution < -0.4 is 4.74 Å². The summed E-state index contributed by atoms with van der Waals surface area (Å²) in [5.41, 5.74) is 0. The largest absolute Gasteiger partial charge is 0.435 e. The van der Waals surface area contributed by atoms with E-state index in [0.717, 1.165) is 15.1 Å². The summed E-state index contributed by atoms with van der Waals surface area (Å²) in [5, 5.41) is 1.10. The first kappa shape index (κ1) is 12.3. The Kier molecular flexibility index (Phi) is 3.08. The molecule has 1 aromatic carbocycles. The highest BCUT2D eigenvalue weighted by atomic mass is 35.5. The molecule has 3 aromatic rings. The van der Waals surface area contributed by atoms with Crippen molar-refractivity contribution in [3.05, 3.63) is 46.3 Å². The zero-order valence-electron chi connectivity index (χ0n) is 9.85. The van der Waals surface area contributed by atoms with Gasteiger partial charge in [-0.2, -0.15) is 0 Å². The third kappa shape index (κ3) is 2.39. The van der Waals surface area contributed by atoms with E-state index < -0.39 is 5.82 Å². The van der Waals surface area contributed by atoms with Gasteiger partial charge < -0.3 is 4.74 Å². The van der Waals surface area contributed by atoms with Gasteiger partial charge in [-0.1, -0.05) is 11.6 Å². The van der Waals surface area contributed by atoms with Crippen molar-refractivity contribution in [3.8, 4) is 11.6 Å². The fourth-order valence-electron chi connectivity index (χ4n) is 1.70. The van der Waals surface area contributed by atoms with Crippen molar-refractivity contribution in [2.24, 2.45) is 0 Å². The number of rotatable bonds is 2. The first-order chi connectivity index (χ1) is 9.13. The van der Waals surface area contributed by atoms with Gasteiger partial charge in [-0.05, 0) is 31.2 Å². The molecule has 0 aliphatic carbocycles. The number of aromatic nitrogens is 2. The number of thiophene rings is 1. The highest BCUT2D eigenvalue weighted by Gasteiger charge is 2.11. The van der Waals surface area contributed by atoms with Gasteiger partial charge in [0.1, 0.15) is 11.2 Å². The van der Waals surface area contributed by atoms with Crippen LogP contribution in [-0.4, -0.2) is 9.97 Å². The molecule has 0 amide bonds. The number of benzene rings is 1. The molecule has 0 aliphatic heterocycles. The molecular weight excluding hydrogens is 287 g/mol. The zero-order chi connectivity index (χ0) is 13.4. The van der Waals surface area contributed by atoms with Gasteiger partial charge in [0.15, 0.2) is 11.6 Å². The van der Waals surface area contributed by atoms with Crippen LogP contribution in [0.15, 0.2) is 30.6 Å². The van der Waals surface area contributed by atoms with Crippen LogP contribution in [0.2, 0.25) is 5.02 Å². The van der Waals surface area contributed by atoms with Crippen molar-refractivity contribution in [1.82, 2.24) is 9.97 Å². The van der Waals surface area contributed by atoms with Crippen LogP contribution in [-0.2, 0) is 0 Å². The SMILES string of the molecule is Cc1cc2c(Oc3ccc(Cl)cc3F)ncnc2s1. The number of nitrogens with zero attached hydrogens (tertiary/aromatic N) is 2. The van der Waals surface area contributed by atoms with Crippen LogP contribution >= 0.6 is 22.9 Å². The molecule has 3 rings (SSSR count). The Bertz CT molecular complexity index is 759. The van der Waals surface area contributed by atoms with Crippen molar-refractivity contribution in [2.45, 2.75) is 6.92 Å². The number of hydrogen-bond acceptors (Lipinski definition) is 4. The van der Waals surface area contributed by atoms with Gasteiger partial charge in [0.2, 0.25) is 5.88 Å². The number of hydrogen-bond donors (Lipinski definition) is 0. The lowest BCUT2D eigenvalue weighted by Gasteiger charge is -2.06. The fraction of sp³-hybridized carbons (Fsp3) is 0.0769. The average molecular weight is 295 g/mol. The van der Waals surface area contributed by atoms with Gasteiger partial charge >= 0.3 is 0 Å². The summed E-state index contributed by atoms with van der Waals surface area (Å²) in [5.74, 6) is -0.0879. The minimum absolute atomic E-state index is 0.0910. The molecule has 0 saturated carbocycles. The van der Waals surface area contributed by atoms with Crippen LogP contribution in [0.3, 0.4) is 0 Å². The normalized spacial score (nSPS) is 10.9. The molecule has 0 unspecified atom stereocenters. The summed E-state index contributed by atoms with van der Waals surface area (Å²) in [4.78, 5) is 10.1. The molecule has 2 heterocycles. The number of fused-ring (bicyclic) bond motifs is 1. The zero-order valence-corrected chi connectivity index (χ0v) is 11.4. The Morgan fingerprint density at radius 2 is 2.11 bits per heavy atom. The minimum Gasteiger partial charge on any atom is -0.435 e. The van der Waals surface area contributed by atoms with Gasteiger partial charge in [-0.25, -0.2) is 14.4 Å². The molecule has 6 heteroatoms. The van der Waals surface area contributed by atoms with Crippen molar-refractivity contribution in [1.29, 1.82) is 0 Å². The second kappa shape index (κ2) is 4.75. The van der Waals surface area contributed by atoms with Gasteiger partial charge in [0, 0.05) is 9.90 Å². The van der Waals surface area contributed by atoms with E-state index in [4.69, 9.17) is 16.3 Å². The minimum atomic E-state index is -0.522. The van der Waals surface area contributed by atoms with Crippen molar-refractivity contribution in [2.75, 3.05) is 0 Å². The van der Waals surface area contributed by atoms with Crippen molar-refractivity contribution in [3.63, 3.8) is 0 Å². The number of aryl methyl sites for hydroxylation is 1. The predicted octanol–water partition coefficient (Wildman–Crippen LogP) is 4.58. The van der Waals surface area contributed by atoms with E-state index in [9.17, 15) is 4.39 Å². The molecule has 0 saturated heterocycles. The van der Waals surface area contributed by atoms with Crippen LogP contribution in [0, 0.1) is 12.7 Å². The molecule has 0 spiro atoms. The summed E-state index contributed by atoms with van der Waals surface area (Å²) >= 11 is 7.24. The third-order valence-electron chi connectivity index (χ3n) is 2.52. The van der Waals surface area contributed by atoms with Crippen LogP contribution in [0.1, 0.15) is 4.88 Å². The smallest absolute Gasteiger partial charge is 0.231 e. The molecule has 0 radical (unpaired) electrons. The molecule has 0 aliphatic rings. The molecule has 0 fully saturated rings. The topological polar surface area (TPSA) is 35.0 Å². The molecule has 0 N–H and O–H groups in total. The molecular formula is C13H8ClFN2OS. The Hall–Kier alpha value is -1.72. The average Bonchev–Trinajstić information content (AvgIpc) is 2.74. The molecule has 0 bridgehead atoms. The summed E-state index contributed by atoms with van der Waals surface area (Å²) < 4.78 is 19.2. The standard InChI is InChI=1S/C13H8ClFN2OS/c1-7-4-9-12(16-6-17-13(9)19-7)18-11-3-2-8(14)5-10(11)15/h2-6H,1H3. The molecule has 19 heavy (non-hydrogen) atoms. The van der Waals surface area contributed by atoms with Gasteiger partial charge in [-0.15, -0.1) is 11.3 Å². The lowest BCUT2D eigenvalue weighted by atomic mass is 10.3. The summed E-state index contributed by atoms with van der Waals surface area (Å²) in [6, 6.07) is 6.17. The van der Waals surface area contributed by atoms with Gasteiger partial charge in [0.05, 0.1) is 5.39 Å². The van der Waals surface area contributed by atoms with E-state index in [1.807, 2.05) is 13.0 Å². The Labute approximate surface area is 117 Å². The maximum absolute atomic E-state index is 13.7. The van der Waals surface area contributed by atoms with E-state index in [1.54, 1.807) is 6.07 Å². The van der Waals surface area contributed by atoms with E-state index in [0.29, 0.717) is 10.9 Å². The van der Waals surface area contributed by atoms with Crippen LogP contribution in [0.25, 0.3) is 10.2 Å². The van der Waals surface area contributed by atoms with E-state index in [1.165, 1.54) is 29.8 Å². The second-order valence-corrected chi connectivity index (χ2v) is 5.60. The van der Waals surface area contributed by atoms with Gasteiger partial charge in [-0.3, -0.25) is 0 Å². The van der Waals surface area contributed by atoms with E-state index >= 15 is 0 Å². The van der Waals surface area contributed by atoms with Crippen molar-refractivity contribution >= 4 is 33.2 Å². The van der Waals surface area contributed by atoms with Crippen LogP contribution in [0.4, 0.5) is 4.39 Å². The second-order valence-electron chi connectivity index (χ2n) is 3.93. The number of ether oxygens (including phenoxy) is 1. The highest BCUT2D eigenvalue weighted by Crippen LogP contribution is 2.33. The lowest BCUT2D eigenvalue weighted by Crippen LogP contribution is -1.92. The van der Waals surface area contributed by atoms with Crippen molar-refractivity contribution < 1.29 is 9.13 Å². The Morgan fingerprint density at radius 1 is 1.26 bits per heavy atom. The van der Waals surface area contributed by atoms with Gasteiger partial charge in [0.25, 0.3) is 0 Å². The monoisotopic (exact) mass is 294 g/mol. The fourth-order valence-corrected chi connectivity index (χ4v) is 2.69. The summed E-state index contributed by atoms with van der Waals surface area (Å²) in [7, 11) is 0.